The summed E-state index contributed by atoms with van der Waals surface area (Å²) < 4.78 is 43.2. The summed E-state index contributed by atoms with van der Waals surface area (Å²) in [5, 5.41) is 16.3. The summed E-state index contributed by atoms with van der Waals surface area (Å²) in [5.41, 5.74) is -1.81. The average Bonchev–Trinajstić information content (AvgIpc) is 2.72. The zero-order valence-electron chi connectivity index (χ0n) is 17.1. The lowest BCUT2D eigenvalue weighted by Crippen LogP contribution is -2.30. The summed E-state index contributed by atoms with van der Waals surface area (Å²) >= 11 is 0. The SMILES string of the molecule is CC(C)(O)c1ccc(NC(=O)c2ccnn(-c3ccccc3OCC(F)(F)F)c2=O)nc1. The van der Waals surface area contributed by atoms with Gasteiger partial charge in [0, 0.05) is 18.0 Å². The maximum atomic E-state index is 12.8. The van der Waals surface area contributed by atoms with E-state index in [4.69, 9.17) is 4.74 Å². The Kier molecular flexibility index (Phi) is 6.30. The van der Waals surface area contributed by atoms with Gasteiger partial charge in [-0.1, -0.05) is 18.2 Å². The third-order valence-corrected chi connectivity index (χ3v) is 4.29. The van der Waals surface area contributed by atoms with Crippen LogP contribution >= 0.6 is 0 Å². The first-order valence-corrected chi connectivity index (χ1v) is 9.33. The van der Waals surface area contributed by atoms with Crippen LogP contribution in [-0.4, -0.2) is 38.6 Å². The van der Waals surface area contributed by atoms with E-state index in [1.165, 1.54) is 48.8 Å². The van der Waals surface area contributed by atoms with Gasteiger partial charge in [0.05, 0.1) is 5.60 Å². The Morgan fingerprint density at radius 3 is 2.50 bits per heavy atom. The molecule has 0 atom stereocenters. The fraction of sp³-hybridized carbons (Fsp3) is 0.238. The number of para-hydroxylation sites is 2. The van der Waals surface area contributed by atoms with E-state index >= 15 is 0 Å². The highest BCUT2D eigenvalue weighted by Crippen LogP contribution is 2.24. The van der Waals surface area contributed by atoms with Crippen LogP contribution in [0.5, 0.6) is 5.75 Å². The van der Waals surface area contributed by atoms with Crippen molar-refractivity contribution in [2.24, 2.45) is 0 Å². The second-order valence-corrected chi connectivity index (χ2v) is 7.28. The minimum absolute atomic E-state index is 0.0518. The van der Waals surface area contributed by atoms with Crippen molar-refractivity contribution in [1.82, 2.24) is 14.8 Å². The molecule has 0 aliphatic rings. The maximum absolute atomic E-state index is 12.8. The van der Waals surface area contributed by atoms with E-state index in [0.29, 0.717) is 5.56 Å². The highest BCUT2D eigenvalue weighted by atomic mass is 19.4. The van der Waals surface area contributed by atoms with Gasteiger partial charge in [-0.15, -0.1) is 0 Å². The molecule has 11 heteroatoms. The number of rotatable bonds is 6. The number of nitrogens with zero attached hydrogens (tertiary/aromatic N) is 3. The van der Waals surface area contributed by atoms with Crippen LogP contribution in [-0.2, 0) is 5.60 Å². The van der Waals surface area contributed by atoms with E-state index in [1.54, 1.807) is 19.9 Å². The van der Waals surface area contributed by atoms with Gasteiger partial charge in [-0.25, -0.2) is 4.98 Å². The van der Waals surface area contributed by atoms with Gasteiger partial charge in [0.1, 0.15) is 22.8 Å². The molecule has 0 bridgehead atoms. The molecule has 0 saturated heterocycles. The van der Waals surface area contributed by atoms with Crippen molar-refractivity contribution in [2.75, 3.05) is 11.9 Å². The smallest absolute Gasteiger partial charge is 0.422 e. The van der Waals surface area contributed by atoms with E-state index < -0.39 is 29.9 Å². The van der Waals surface area contributed by atoms with Gasteiger partial charge in [0.25, 0.3) is 11.5 Å². The van der Waals surface area contributed by atoms with Crippen LogP contribution in [0.25, 0.3) is 5.69 Å². The Labute approximate surface area is 180 Å². The van der Waals surface area contributed by atoms with Gasteiger partial charge >= 0.3 is 6.18 Å². The number of amides is 1. The molecule has 3 rings (SSSR count). The van der Waals surface area contributed by atoms with Crippen molar-refractivity contribution in [3.8, 4) is 11.4 Å². The summed E-state index contributed by atoms with van der Waals surface area (Å²) in [7, 11) is 0. The first-order valence-electron chi connectivity index (χ1n) is 9.33. The van der Waals surface area contributed by atoms with Gasteiger partial charge in [-0.2, -0.15) is 23.0 Å². The third-order valence-electron chi connectivity index (χ3n) is 4.29. The second-order valence-electron chi connectivity index (χ2n) is 7.28. The normalized spacial score (nSPS) is 11.8. The van der Waals surface area contributed by atoms with Crippen LogP contribution < -0.4 is 15.6 Å². The molecule has 8 nitrogen and oxygen atoms in total. The molecule has 2 N–H and O–H groups in total. The van der Waals surface area contributed by atoms with Crippen molar-refractivity contribution in [2.45, 2.75) is 25.6 Å². The first-order chi connectivity index (χ1) is 15.0. The number of halogens is 3. The van der Waals surface area contributed by atoms with E-state index in [9.17, 15) is 27.9 Å². The Hall–Kier alpha value is -3.73. The largest absolute Gasteiger partial charge is 0.482 e. The van der Waals surface area contributed by atoms with Crippen molar-refractivity contribution in [3.05, 3.63) is 76.3 Å². The lowest BCUT2D eigenvalue weighted by atomic mass is 10.0. The Bertz CT molecular complexity index is 1170. The van der Waals surface area contributed by atoms with E-state index in [0.717, 1.165) is 4.68 Å². The molecule has 0 radical (unpaired) electrons. The second kappa shape index (κ2) is 8.79. The van der Waals surface area contributed by atoms with Crippen LogP contribution in [0.3, 0.4) is 0 Å². The minimum Gasteiger partial charge on any atom is -0.482 e. The predicted molar refractivity (Wildman–Crippen MR) is 109 cm³/mol. The molecule has 1 amide bonds. The molecule has 2 aromatic heterocycles. The molecule has 1 aromatic carbocycles. The van der Waals surface area contributed by atoms with E-state index in [1.807, 2.05) is 0 Å². The zero-order valence-corrected chi connectivity index (χ0v) is 17.1. The number of alkyl halides is 3. The molecule has 168 valence electrons. The number of pyridine rings is 1. The van der Waals surface area contributed by atoms with Crippen LogP contribution in [0, 0.1) is 0 Å². The van der Waals surface area contributed by atoms with Crippen molar-refractivity contribution >= 4 is 11.7 Å². The Morgan fingerprint density at radius 1 is 1.16 bits per heavy atom. The summed E-state index contributed by atoms with van der Waals surface area (Å²) in [4.78, 5) is 29.5. The third kappa shape index (κ3) is 5.49. The Morgan fingerprint density at radius 2 is 1.88 bits per heavy atom. The lowest BCUT2D eigenvalue weighted by molar-refractivity contribution is -0.153. The fourth-order valence-electron chi connectivity index (χ4n) is 2.68. The number of aliphatic hydroxyl groups is 1. The molecule has 0 spiro atoms. The summed E-state index contributed by atoms with van der Waals surface area (Å²) in [6.07, 6.45) is -2.02. The number of aromatic nitrogens is 3. The molecule has 0 unspecified atom stereocenters. The monoisotopic (exact) mass is 448 g/mol. The first kappa shape index (κ1) is 22.9. The topological polar surface area (TPSA) is 106 Å². The van der Waals surface area contributed by atoms with Crippen LogP contribution in [0.2, 0.25) is 0 Å². The van der Waals surface area contributed by atoms with E-state index in [-0.39, 0.29) is 22.8 Å². The van der Waals surface area contributed by atoms with Gasteiger partial charge < -0.3 is 15.2 Å². The zero-order chi connectivity index (χ0) is 23.5. The van der Waals surface area contributed by atoms with Crippen LogP contribution in [0.1, 0.15) is 29.8 Å². The summed E-state index contributed by atoms with van der Waals surface area (Å²) in [6.45, 7) is 1.61. The van der Waals surface area contributed by atoms with Crippen molar-refractivity contribution < 1.29 is 27.8 Å². The molecule has 0 aliphatic heterocycles. The number of ether oxygens (including phenoxy) is 1. The van der Waals surface area contributed by atoms with Crippen LogP contribution in [0.4, 0.5) is 19.0 Å². The lowest BCUT2D eigenvalue weighted by Gasteiger charge is -2.17. The fourth-order valence-corrected chi connectivity index (χ4v) is 2.68. The van der Waals surface area contributed by atoms with Gasteiger partial charge in [0.15, 0.2) is 6.61 Å². The van der Waals surface area contributed by atoms with Crippen molar-refractivity contribution in [1.29, 1.82) is 0 Å². The molecule has 3 aromatic rings. The minimum atomic E-state index is -4.57. The number of hydrogen-bond donors (Lipinski definition) is 2. The summed E-state index contributed by atoms with van der Waals surface area (Å²) in [5.74, 6) is -0.871. The van der Waals surface area contributed by atoms with Gasteiger partial charge in [0.2, 0.25) is 0 Å². The molecular formula is C21H19F3N4O4. The molecular weight excluding hydrogens is 429 g/mol. The molecule has 0 saturated carbocycles. The number of hydrogen-bond acceptors (Lipinski definition) is 6. The average molecular weight is 448 g/mol. The molecule has 0 fully saturated rings. The van der Waals surface area contributed by atoms with Gasteiger partial charge in [-0.3, -0.25) is 9.59 Å². The standard InChI is InChI=1S/C21H19F3N4O4/c1-20(2,31)13-7-8-17(25-11-13)27-18(29)14-9-10-26-28(19(14)30)15-5-3-4-6-16(15)32-12-21(22,23)24/h3-11,31H,12H2,1-2H3,(H,25,27,29). The maximum Gasteiger partial charge on any atom is 0.422 e. The number of anilines is 1. The quantitative estimate of drug-likeness (QED) is 0.601. The highest BCUT2D eigenvalue weighted by molar-refractivity contribution is 6.03. The van der Waals surface area contributed by atoms with Gasteiger partial charge in [-0.05, 0) is 38.1 Å². The summed E-state index contributed by atoms with van der Waals surface area (Å²) in [6, 6.07) is 9.75. The van der Waals surface area contributed by atoms with Crippen LogP contribution in [0.15, 0.2) is 59.7 Å². The number of carbonyl (C=O) groups is 1. The number of carbonyl (C=O) groups excluding carboxylic acids is 1. The predicted octanol–water partition coefficient (Wildman–Crippen LogP) is 3.05. The Balaban J connectivity index is 1.88. The van der Waals surface area contributed by atoms with E-state index in [2.05, 4.69) is 15.4 Å². The van der Waals surface area contributed by atoms with Crippen molar-refractivity contribution in [3.63, 3.8) is 0 Å². The number of nitrogens with one attached hydrogen (secondary N) is 1. The highest BCUT2D eigenvalue weighted by Gasteiger charge is 2.29. The number of benzene rings is 1. The molecule has 2 heterocycles. The molecule has 32 heavy (non-hydrogen) atoms. The molecule has 0 aliphatic carbocycles.